The maximum atomic E-state index is 12.4. The predicted octanol–water partition coefficient (Wildman–Crippen LogP) is 1.86. The zero-order valence-corrected chi connectivity index (χ0v) is 13.2. The summed E-state index contributed by atoms with van der Waals surface area (Å²) in [5.41, 5.74) is 4.93. The van der Waals surface area contributed by atoms with Crippen molar-refractivity contribution < 1.29 is 14.7 Å². The van der Waals surface area contributed by atoms with Gasteiger partial charge in [-0.3, -0.25) is 4.79 Å². The van der Waals surface area contributed by atoms with Crippen LogP contribution in [0.4, 0.5) is 0 Å². The summed E-state index contributed by atoms with van der Waals surface area (Å²) in [6.45, 7) is 5.95. The lowest BCUT2D eigenvalue weighted by molar-refractivity contribution is -0.129. The second kappa shape index (κ2) is 8.87. The molecule has 0 bridgehead atoms. The first-order chi connectivity index (χ1) is 10.0. The molecule has 1 fully saturated rings. The van der Waals surface area contributed by atoms with Crippen LogP contribution in [-0.4, -0.2) is 36.7 Å². The van der Waals surface area contributed by atoms with Gasteiger partial charge in [0.15, 0.2) is 5.84 Å². The molecule has 1 rings (SSSR count). The van der Waals surface area contributed by atoms with Crippen molar-refractivity contribution in [3.05, 3.63) is 0 Å². The van der Waals surface area contributed by atoms with E-state index in [-0.39, 0.29) is 11.7 Å². The topological polar surface area (TPSA) is 96.9 Å². The van der Waals surface area contributed by atoms with Gasteiger partial charge < -0.3 is 21.0 Å². The lowest BCUT2D eigenvalue weighted by atomic mass is 9.72. The Hall–Kier alpha value is -1.30. The van der Waals surface area contributed by atoms with Crippen LogP contribution in [0, 0.1) is 11.3 Å². The highest BCUT2D eigenvalue weighted by molar-refractivity contribution is 6.06. The van der Waals surface area contributed by atoms with E-state index in [0.717, 1.165) is 25.7 Å². The monoisotopic (exact) mass is 299 g/mol. The first-order valence-electron chi connectivity index (χ1n) is 7.87. The Balaban J connectivity index is 2.40. The van der Waals surface area contributed by atoms with Crippen LogP contribution < -0.4 is 11.1 Å². The molecule has 0 aromatic carbocycles. The number of nitrogens with one attached hydrogen (secondary N) is 1. The number of carbonyl (C=O) groups is 1. The Morgan fingerprint density at radius 3 is 2.57 bits per heavy atom. The Kier molecular flexibility index (Phi) is 7.50. The van der Waals surface area contributed by atoms with Crippen LogP contribution in [0.15, 0.2) is 5.16 Å². The van der Waals surface area contributed by atoms with E-state index in [9.17, 15) is 4.79 Å². The third-order valence-corrected chi connectivity index (χ3v) is 4.11. The van der Waals surface area contributed by atoms with Crippen molar-refractivity contribution in [1.29, 1.82) is 0 Å². The van der Waals surface area contributed by atoms with Gasteiger partial charge >= 0.3 is 0 Å². The minimum atomic E-state index is -0.842. The standard InChI is InChI=1S/C15H29N3O3/c1-12(2)6-10-21-11-9-17-14(19)15(13(16)18-20)7-4-3-5-8-15/h12,20H,3-11H2,1-2H3,(H2,16,18)(H,17,19). The molecule has 0 spiro atoms. The Morgan fingerprint density at radius 2 is 2.00 bits per heavy atom. The van der Waals surface area contributed by atoms with E-state index < -0.39 is 5.41 Å². The van der Waals surface area contributed by atoms with Crippen molar-refractivity contribution in [3.8, 4) is 0 Å². The largest absolute Gasteiger partial charge is 0.409 e. The van der Waals surface area contributed by atoms with Crippen molar-refractivity contribution in [2.75, 3.05) is 19.8 Å². The maximum absolute atomic E-state index is 12.4. The van der Waals surface area contributed by atoms with E-state index in [1.165, 1.54) is 0 Å². The third kappa shape index (κ3) is 5.19. The second-order valence-corrected chi connectivity index (χ2v) is 6.18. The number of hydrogen-bond donors (Lipinski definition) is 3. The number of amidine groups is 1. The lowest BCUT2D eigenvalue weighted by Gasteiger charge is -2.34. The fraction of sp³-hybridized carbons (Fsp3) is 0.867. The Bertz CT molecular complexity index is 350. The van der Waals surface area contributed by atoms with Gasteiger partial charge in [-0.25, -0.2) is 0 Å². The molecule has 1 aliphatic rings. The molecule has 0 unspecified atom stereocenters. The van der Waals surface area contributed by atoms with Crippen molar-refractivity contribution in [2.24, 2.45) is 22.2 Å². The molecule has 6 heteroatoms. The third-order valence-electron chi connectivity index (χ3n) is 4.11. The van der Waals surface area contributed by atoms with Gasteiger partial charge in [-0.15, -0.1) is 0 Å². The molecule has 6 nitrogen and oxygen atoms in total. The normalized spacial score (nSPS) is 18.7. The van der Waals surface area contributed by atoms with E-state index in [0.29, 0.717) is 38.5 Å². The van der Waals surface area contributed by atoms with Gasteiger partial charge in [0.1, 0.15) is 5.41 Å². The molecule has 0 radical (unpaired) electrons. The first-order valence-corrected chi connectivity index (χ1v) is 7.87. The average molecular weight is 299 g/mol. The predicted molar refractivity (Wildman–Crippen MR) is 82.2 cm³/mol. The molecule has 1 aliphatic carbocycles. The van der Waals surface area contributed by atoms with Crippen LogP contribution in [0.3, 0.4) is 0 Å². The highest BCUT2D eigenvalue weighted by Crippen LogP contribution is 2.36. The minimum Gasteiger partial charge on any atom is -0.409 e. The zero-order chi connectivity index (χ0) is 15.7. The second-order valence-electron chi connectivity index (χ2n) is 6.18. The maximum Gasteiger partial charge on any atom is 0.234 e. The molecule has 4 N–H and O–H groups in total. The van der Waals surface area contributed by atoms with Gasteiger partial charge in [0, 0.05) is 13.2 Å². The number of nitrogens with two attached hydrogens (primary N) is 1. The number of rotatable bonds is 8. The average Bonchev–Trinajstić information content (AvgIpc) is 2.49. The summed E-state index contributed by atoms with van der Waals surface area (Å²) in [5.74, 6) is 0.496. The summed E-state index contributed by atoms with van der Waals surface area (Å²) < 4.78 is 5.48. The quantitative estimate of drug-likeness (QED) is 0.209. The molecule has 0 atom stereocenters. The molecule has 0 aromatic heterocycles. The summed E-state index contributed by atoms with van der Waals surface area (Å²) in [6, 6.07) is 0. The molecule has 21 heavy (non-hydrogen) atoms. The van der Waals surface area contributed by atoms with Gasteiger partial charge in [0.05, 0.1) is 6.61 Å². The number of nitrogens with zero attached hydrogens (tertiary/aromatic N) is 1. The lowest BCUT2D eigenvalue weighted by Crippen LogP contribution is -2.51. The number of oxime groups is 1. The Morgan fingerprint density at radius 1 is 1.33 bits per heavy atom. The fourth-order valence-corrected chi connectivity index (χ4v) is 2.68. The van der Waals surface area contributed by atoms with Crippen molar-refractivity contribution in [2.45, 2.75) is 52.4 Å². The van der Waals surface area contributed by atoms with Gasteiger partial charge in [0.25, 0.3) is 0 Å². The molecule has 1 saturated carbocycles. The Labute approximate surface area is 127 Å². The van der Waals surface area contributed by atoms with Crippen LogP contribution in [0.5, 0.6) is 0 Å². The molecule has 0 heterocycles. The van der Waals surface area contributed by atoms with E-state index in [1.807, 2.05) is 0 Å². The highest BCUT2D eigenvalue weighted by Gasteiger charge is 2.43. The van der Waals surface area contributed by atoms with Crippen LogP contribution in [0.1, 0.15) is 52.4 Å². The molecular formula is C15H29N3O3. The zero-order valence-electron chi connectivity index (χ0n) is 13.2. The fourth-order valence-electron chi connectivity index (χ4n) is 2.68. The summed E-state index contributed by atoms with van der Waals surface area (Å²) in [6.07, 6.45) is 5.24. The molecule has 0 saturated heterocycles. The van der Waals surface area contributed by atoms with E-state index in [1.54, 1.807) is 0 Å². The van der Waals surface area contributed by atoms with Crippen molar-refractivity contribution >= 4 is 11.7 Å². The van der Waals surface area contributed by atoms with Gasteiger partial charge in [-0.2, -0.15) is 0 Å². The smallest absolute Gasteiger partial charge is 0.234 e. The molecule has 0 aliphatic heterocycles. The van der Waals surface area contributed by atoms with Gasteiger partial charge in [-0.05, 0) is 25.2 Å². The summed E-state index contributed by atoms with van der Waals surface area (Å²) >= 11 is 0. The van der Waals surface area contributed by atoms with Crippen LogP contribution in [-0.2, 0) is 9.53 Å². The van der Waals surface area contributed by atoms with E-state index in [4.69, 9.17) is 15.7 Å². The number of carbonyl (C=O) groups excluding carboxylic acids is 1. The minimum absolute atomic E-state index is 0.0282. The van der Waals surface area contributed by atoms with Gasteiger partial charge in [0.2, 0.25) is 5.91 Å². The first kappa shape index (κ1) is 17.8. The van der Waals surface area contributed by atoms with Crippen molar-refractivity contribution in [1.82, 2.24) is 5.32 Å². The van der Waals surface area contributed by atoms with Crippen LogP contribution >= 0.6 is 0 Å². The van der Waals surface area contributed by atoms with Gasteiger partial charge in [-0.1, -0.05) is 38.3 Å². The molecular weight excluding hydrogens is 270 g/mol. The summed E-state index contributed by atoms with van der Waals surface area (Å²) in [4.78, 5) is 12.4. The van der Waals surface area contributed by atoms with E-state index in [2.05, 4.69) is 24.3 Å². The molecule has 122 valence electrons. The van der Waals surface area contributed by atoms with Crippen LogP contribution in [0.25, 0.3) is 0 Å². The number of ether oxygens (including phenoxy) is 1. The SMILES string of the molecule is CC(C)CCOCCNC(=O)C1(C(N)=NO)CCCCC1. The molecule has 0 aromatic rings. The van der Waals surface area contributed by atoms with E-state index >= 15 is 0 Å². The number of amides is 1. The molecule has 1 amide bonds. The summed E-state index contributed by atoms with van der Waals surface area (Å²) in [7, 11) is 0. The summed E-state index contributed by atoms with van der Waals surface area (Å²) in [5, 5.41) is 14.9. The van der Waals surface area contributed by atoms with Crippen LogP contribution in [0.2, 0.25) is 0 Å². The number of hydrogen-bond acceptors (Lipinski definition) is 4. The highest BCUT2D eigenvalue weighted by atomic mass is 16.5. The van der Waals surface area contributed by atoms with Crippen molar-refractivity contribution in [3.63, 3.8) is 0 Å².